The molecule has 29 heavy (non-hydrogen) atoms. The smallest absolute Gasteiger partial charge is 0.496 e. The van der Waals surface area contributed by atoms with Gasteiger partial charge in [-0.2, -0.15) is 0 Å². The first-order chi connectivity index (χ1) is 13.7. The third-order valence-electron chi connectivity index (χ3n) is 4.67. The highest BCUT2D eigenvalue weighted by molar-refractivity contribution is 6.31. The van der Waals surface area contributed by atoms with Crippen LogP contribution in [0.4, 0.5) is 13.2 Å². The molecule has 1 saturated heterocycles. The zero-order chi connectivity index (χ0) is 21.2. The second-order valence-electron chi connectivity index (χ2n) is 6.45. The lowest BCUT2D eigenvalue weighted by Gasteiger charge is -2.27. The predicted octanol–water partition coefficient (Wildman–Crippen LogP) is 4.68. The summed E-state index contributed by atoms with van der Waals surface area (Å²) < 4.78 is 51.8. The van der Waals surface area contributed by atoms with E-state index in [0.29, 0.717) is 29.0 Å². The quantitative estimate of drug-likeness (QED) is 0.625. The van der Waals surface area contributed by atoms with Crippen LogP contribution in [0.1, 0.15) is 23.6 Å². The fourth-order valence-electron chi connectivity index (χ4n) is 3.42. The molecule has 0 N–H and O–H groups in total. The van der Waals surface area contributed by atoms with Gasteiger partial charge in [0.1, 0.15) is 22.6 Å². The first-order valence-corrected chi connectivity index (χ1v) is 9.17. The van der Waals surface area contributed by atoms with Crippen molar-refractivity contribution in [1.29, 1.82) is 0 Å². The number of hydrogen-bond donors (Lipinski definition) is 0. The molecule has 1 aliphatic rings. The minimum atomic E-state index is -4.76. The van der Waals surface area contributed by atoms with Crippen molar-refractivity contribution < 1.29 is 32.2 Å². The summed E-state index contributed by atoms with van der Waals surface area (Å²) >= 11 is 6.24. The molecule has 0 bridgehead atoms. The van der Waals surface area contributed by atoms with Crippen LogP contribution in [0.5, 0.6) is 17.2 Å². The Morgan fingerprint density at radius 1 is 1.07 bits per heavy atom. The Morgan fingerprint density at radius 2 is 1.66 bits per heavy atom. The van der Waals surface area contributed by atoms with Gasteiger partial charge in [0.15, 0.2) is 0 Å². The van der Waals surface area contributed by atoms with E-state index in [1.807, 2.05) is 0 Å². The van der Waals surface area contributed by atoms with Gasteiger partial charge in [-0.1, -0.05) is 18.2 Å². The molecule has 156 valence electrons. The molecule has 2 atom stereocenters. The molecule has 3 rings (SSSR count). The number of nitrogens with zero attached hydrogens (tertiary/aromatic N) is 1. The Balaban J connectivity index is 1.89. The molecule has 0 saturated carbocycles. The average molecular weight is 430 g/mol. The van der Waals surface area contributed by atoms with Crippen molar-refractivity contribution in [2.24, 2.45) is 0 Å². The van der Waals surface area contributed by atoms with Crippen LogP contribution in [0, 0.1) is 0 Å². The highest BCUT2D eigenvalue weighted by atomic mass is 35.5. The van der Waals surface area contributed by atoms with Crippen molar-refractivity contribution in [3.63, 3.8) is 0 Å². The third kappa shape index (κ3) is 4.70. The van der Waals surface area contributed by atoms with Gasteiger partial charge in [-0.15, -0.1) is 24.8 Å². The van der Waals surface area contributed by atoms with E-state index >= 15 is 0 Å². The molecule has 5 nitrogen and oxygen atoms in total. The predicted molar refractivity (Wildman–Crippen MR) is 100 cm³/mol. The zero-order valence-electron chi connectivity index (χ0n) is 15.7. The van der Waals surface area contributed by atoms with E-state index < -0.39 is 17.8 Å². The number of hydrogen-bond acceptors (Lipinski definition) is 4. The van der Waals surface area contributed by atoms with Crippen molar-refractivity contribution in [3.8, 4) is 17.2 Å². The molecule has 1 amide bonds. The number of amides is 1. The van der Waals surface area contributed by atoms with Gasteiger partial charge in [-0.3, -0.25) is 4.79 Å². The van der Waals surface area contributed by atoms with E-state index in [-0.39, 0.29) is 18.2 Å². The Kier molecular flexibility index (Phi) is 6.12. The van der Waals surface area contributed by atoms with E-state index in [2.05, 4.69) is 4.74 Å². The fraction of sp³-hybridized carbons (Fsp3) is 0.350. The molecule has 0 radical (unpaired) electrons. The van der Waals surface area contributed by atoms with Crippen LogP contribution < -0.4 is 14.2 Å². The second kappa shape index (κ2) is 8.41. The largest absolute Gasteiger partial charge is 0.573 e. The minimum absolute atomic E-state index is 0.167. The Hall–Kier alpha value is -2.61. The summed E-state index contributed by atoms with van der Waals surface area (Å²) in [6.07, 6.45) is -4.41. The Bertz CT molecular complexity index is 851. The van der Waals surface area contributed by atoms with Crippen molar-refractivity contribution in [2.75, 3.05) is 14.2 Å². The van der Waals surface area contributed by atoms with Gasteiger partial charge < -0.3 is 19.1 Å². The summed E-state index contributed by atoms with van der Waals surface area (Å²) in [4.78, 5) is 14.3. The number of ether oxygens (including phenoxy) is 3. The third-order valence-corrected chi connectivity index (χ3v) is 5.03. The molecular weight excluding hydrogens is 411 g/mol. The van der Waals surface area contributed by atoms with E-state index in [1.165, 1.54) is 38.5 Å². The fourth-order valence-corrected chi connectivity index (χ4v) is 3.72. The molecule has 0 spiro atoms. The van der Waals surface area contributed by atoms with Crippen molar-refractivity contribution in [2.45, 2.75) is 30.7 Å². The van der Waals surface area contributed by atoms with Crippen LogP contribution in [0.3, 0.4) is 0 Å². The molecule has 2 aromatic rings. The summed E-state index contributed by atoms with van der Waals surface area (Å²) in [5.74, 6) is 0.533. The minimum Gasteiger partial charge on any atom is -0.496 e. The molecule has 0 aliphatic carbocycles. The number of carbonyl (C=O) groups is 1. The number of carbonyl (C=O) groups excluding carboxylic acids is 1. The number of alkyl halides is 4. The molecule has 0 aromatic heterocycles. The van der Waals surface area contributed by atoms with E-state index in [9.17, 15) is 18.0 Å². The van der Waals surface area contributed by atoms with Crippen molar-refractivity contribution in [1.82, 2.24) is 4.90 Å². The maximum absolute atomic E-state index is 12.7. The van der Waals surface area contributed by atoms with Gasteiger partial charge in [0.2, 0.25) is 5.91 Å². The molecule has 0 unspecified atom stereocenters. The normalized spacial score (nSPS) is 19.4. The van der Waals surface area contributed by atoms with Gasteiger partial charge in [0.25, 0.3) is 0 Å². The standard InChI is InChI=1S/C20H19ClF3NO4/c1-27-16-4-3-5-17(28-2)18(16)15-10-14(21)19(26)25(15)11-12-6-8-13(9-7-12)29-20(22,23)24/h3-9,14-15H,10-11H2,1-2H3/t14-,15-/m0/s1. The van der Waals surface area contributed by atoms with E-state index in [0.717, 1.165) is 0 Å². The van der Waals surface area contributed by atoms with Gasteiger partial charge in [0, 0.05) is 6.54 Å². The highest BCUT2D eigenvalue weighted by Gasteiger charge is 2.41. The lowest BCUT2D eigenvalue weighted by molar-refractivity contribution is -0.274. The van der Waals surface area contributed by atoms with Crippen LogP contribution in [0.15, 0.2) is 42.5 Å². The number of rotatable bonds is 6. The van der Waals surface area contributed by atoms with Crippen LogP contribution in [-0.4, -0.2) is 36.8 Å². The van der Waals surface area contributed by atoms with Crippen LogP contribution in [-0.2, 0) is 11.3 Å². The first kappa shape index (κ1) is 21.1. The first-order valence-electron chi connectivity index (χ1n) is 8.73. The van der Waals surface area contributed by atoms with Gasteiger partial charge in [0.05, 0.1) is 25.8 Å². The molecule has 1 aliphatic heterocycles. The number of benzene rings is 2. The van der Waals surface area contributed by atoms with Crippen molar-refractivity contribution >= 4 is 17.5 Å². The molecular formula is C20H19ClF3NO4. The lowest BCUT2D eigenvalue weighted by Crippen LogP contribution is -2.29. The van der Waals surface area contributed by atoms with Gasteiger partial charge >= 0.3 is 6.36 Å². The van der Waals surface area contributed by atoms with Crippen molar-refractivity contribution in [3.05, 3.63) is 53.6 Å². The Morgan fingerprint density at radius 3 is 2.17 bits per heavy atom. The number of methoxy groups -OCH3 is 2. The summed E-state index contributed by atoms with van der Waals surface area (Å²) in [5.41, 5.74) is 1.34. The number of halogens is 4. The average Bonchev–Trinajstić information content (AvgIpc) is 2.95. The van der Waals surface area contributed by atoms with Crippen LogP contribution in [0.25, 0.3) is 0 Å². The number of likely N-dealkylation sites (tertiary alicyclic amines) is 1. The monoisotopic (exact) mass is 429 g/mol. The molecule has 1 fully saturated rings. The molecule has 1 heterocycles. The molecule has 9 heteroatoms. The van der Waals surface area contributed by atoms with E-state index in [1.54, 1.807) is 23.1 Å². The summed E-state index contributed by atoms with van der Waals surface area (Å²) in [6, 6.07) is 10.3. The summed E-state index contributed by atoms with van der Waals surface area (Å²) in [6.45, 7) is 0.167. The van der Waals surface area contributed by atoms with Gasteiger partial charge in [-0.25, -0.2) is 0 Å². The molecule has 2 aromatic carbocycles. The SMILES string of the molecule is COc1cccc(OC)c1[C@@H]1C[C@H](Cl)C(=O)N1Cc1ccc(OC(F)(F)F)cc1. The topological polar surface area (TPSA) is 48.0 Å². The summed E-state index contributed by atoms with van der Waals surface area (Å²) in [5, 5.41) is -0.720. The lowest BCUT2D eigenvalue weighted by atomic mass is 10.0. The maximum atomic E-state index is 12.7. The zero-order valence-corrected chi connectivity index (χ0v) is 16.5. The second-order valence-corrected chi connectivity index (χ2v) is 6.98. The van der Waals surface area contributed by atoms with Crippen LogP contribution in [0.2, 0.25) is 0 Å². The van der Waals surface area contributed by atoms with Crippen LogP contribution >= 0.6 is 11.6 Å². The highest BCUT2D eigenvalue weighted by Crippen LogP contribution is 2.44. The maximum Gasteiger partial charge on any atom is 0.573 e. The Labute approximate surface area is 170 Å². The van der Waals surface area contributed by atoms with Gasteiger partial charge in [-0.05, 0) is 36.2 Å². The van der Waals surface area contributed by atoms with E-state index in [4.69, 9.17) is 21.1 Å². The summed E-state index contributed by atoms with van der Waals surface area (Å²) in [7, 11) is 3.05.